The molecule has 2 rings (SSSR count). The lowest BCUT2D eigenvalue weighted by Gasteiger charge is -2.05. The molecule has 0 amide bonds. The zero-order valence-corrected chi connectivity index (χ0v) is 11.8. The molecule has 20 heavy (non-hydrogen) atoms. The molecule has 0 heterocycles. The van der Waals surface area contributed by atoms with Gasteiger partial charge in [-0.2, -0.15) is 0 Å². The Morgan fingerprint density at radius 3 is 1.50 bits per heavy atom. The number of benzene rings is 2. The Hall–Kier alpha value is -2.24. The van der Waals surface area contributed by atoms with Crippen molar-refractivity contribution in [3.05, 3.63) is 69.4 Å². The minimum atomic E-state index is 0.578. The molecule has 0 aliphatic rings. The Morgan fingerprint density at radius 2 is 1.10 bits per heavy atom. The summed E-state index contributed by atoms with van der Waals surface area (Å²) in [6.07, 6.45) is 0. The summed E-state index contributed by atoms with van der Waals surface area (Å²) < 4.78 is 0. The van der Waals surface area contributed by atoms with Gasteiger partial charge in [-0.15, -0.1) is 0 Å². The van der Waals surface area contributed by atoms with E-state index in [1.165, 1.54) is 21.6 Å². The van der Waals surface area contributed by atoms with Crippen molar-refractivity contribution in [3.63, 3.8) is 0 Å². The number of azide groups is 2. The van der Waals surface area contributed by atoms with Gasteiger partial charge in [0.1, 0.15) is 0 Å². The van der Waals surface area contributed by atoms with Crippen LogP contribution in [0.2, 0.25) is 0 Å². The number of rotatable bonds is 5. The molecule has 8 heteroatoms. The van der Waals surface area contributed by atoms with Crippen molar-refractivity contribution in [2.75, 3.05) is 0 Å². The fourth-order valence-corrected chi connectivity index (χ4v) is 3.63. The monoisotopic (exact) mass is 300 g/mol. The Balaban J connectivity index is 2.21. The topological polar surface area (TPSA) is 97.5 Å². The van der Waals surface area contributed by atoms with Crippen LogP contribution in [0.1, 0.15) is 0 Å². The highest BCUT2D eigenvalue weighted by Gasteiger charge is 2.05. The molecule has 0 aliphatic carbocycles. The van der Waals surface area contributed by atoms with Crippen molar-refractivity contribution in [2.24, 2.45) is 10.2 Å². The van der Waals surface area contributed by atoms with E-state index in [1.807, 2.05) is 36.4 Å². The van der Waals surface area contributed by atoms with E-state index in [2.05, 4.69) is 20.1 Å². The molecular weight excluding hydrogens is 292 g/mol. The predicted octanol–water partition coefficient (Wildman–Crippen LogP) is 6.37. The van der Waals surface area contributed by atoms with Gasteiger partial charge in [-0.25, -0.2) is 0 Å². The predicted molar refractivity (Wildman–Crippen MR) is 82.2 cm³/mol. The molecular formula is C12H8N6S2. The third-order valence-corrected chi connectivity index (χ3v) is 4.72. The molecule has 0 radical (unpaired) electrons. The zero-order chi connectivity index (χ0) is 14.2. The van der Waals surface area contributed by atoms with Crippen LogP contribution in [0.3, 0.4) is 0 Å². The summed E-state index contributed by atoms with van der Waals surface area (Å²) in [5.41, 5.74) is 18.2. The van der Waals surface area contributed by atoms with Gasteiger partial charge in [0.25, 0.3) is 0 Å². The third-order valence-electron chi connectivity index (χ3n) is 2.26. The van der Waals surface area contributed by atoms with Crippen LogP contribution in [0, 0.1) is 0 Å². The van der Waals surface area contributed by atoms with Gasteiger partial charge < -0.3 is 0 Å². The lowest BCUT2D eigenvalue weighted by atomic mass is 10.3. The molecule has 0 aromatic heterocycles. The van der Waals surface area contributed by atoms with Crippen molar-refractivity contribution in [2.45, 2.75) is 9.79 Å². The van der Waals surface area contributed by atoms with E-state index < -0.39 is 0 Å². The van der Waals surface area contributed by atoms with E-state index >= 15 is 0 Å². The summed E-state index contributed by atoms with van der Waals surface area (Å²) in [5, 5.41) is 7.28. The van der Waals surface area contributed by atoms with Crippen LogP contribution in [0.4, 0.5) is 11.4 Å². The second kappa shape index (κ2) is 7.37. The highest BCUT2D eigenvalue weighted by Crippen LogP contribution is 2.44. The van der Waals surface area contributed by atoms with Crippen LogP contribution >= 0.6 is 21.6 Å². The van der Waals surface area contributed by atoms with E-state index in [9.17, 15) is 0 Å². The maximum Gasteiger partial charge on any atom is 0.0520 e. The van der Waals surface area contributed by atoms with Crippen LogP contribution in [0.5, 0.6) is 0 Å². The van der Waals surface area contributed by atoms with E-state index in [-0.39, 0.29) is 0 Å². The molecule has 0 bridgehead atoms. The van der Waals surface area contributed by atoms with Crippen LogP contribution < -0.4 is 0 Å². The lowest BCUT2D eigenvalue weighted by molar-refractivity contribution is 1.35. The SMILES string of the molecule is [N-]=[N+]=Nc1ccccc1SSc1ccccc1N=[N+]=[N-]. The van der Waals surface area contributed by atoms with E-state index in [4.69, 9.17) is 11.1 Å². The summed E-state index contributed by atoms with van der Waals surface area (Å²) in [7, 11) is 2.90. The van der Waals surface area contributed by atoms with E-state index in [0.717, 1.165) is 9.79 Å². The van der Waals surface area contributed by atoms with Gasteiger partial charge in [0.15, 0.2) is 0 Å². The van der Waals surface area contributed by atoms with E-state index in [0.29, 0.717) is 11.4 Å². The lowest BCUT2D eigenvalue weighted by Crippen LogP contribution is -1.72. The minimum absolute atomic E-state index is 0.578. The first-order valence-electron chi connectivity index (χ1n) is 5.48. The fourth-order valence-electron chi connectivity index (χ4n) is 1.41. The molecule has 0 unspecified atom stereocenters. The summed E-state index contributed by atoms with van der Waals surface area (Å²) in [5.74, 6) is 0. The molecule has 0 fully saturated rings. The number of hydrogen-bond donors (Lipinski definition) is 0. The van der Waals surface area contributed by atoms with Crippen molar-refractivity contribution < 1.29 is 0 Å². The van der Waals surface area contributed by atoms with Crippen molar-refractivity contribution in [1.29, 1.82) is 0 Å². The molecule has 2 aromatic rings. The quantitative estimate of drug-likeness (QED) is 0.277. The largest absolute Gasteiger partial charge is 0.0617 e. The standard InChI is InChI=1S/C12H8N6S2/c13-17-15-9-5-1-3-7-11(9)19-20-12-8-4-2-6-10(12)16-18-14/h1-8H. The molecule has 2 aromatic carbocycles. The average molecular weight is 300 g/mol. The maximum atomic E-state index is 8.53. The first-order valence-corrected chi connectivity index (χ1v) is 7.63. The van der Waals surface area contributed by atoms with Crippen LogP contribution in [-0.4, -0.2) is 0 Å². The molecule has 0 N–H and O–H groups in total. The molecule has 0 saturated heterocycles. The first kappa shape index (κ1) is 14.2. The number of hydrogen-bond acceptors (Lipinski definition) is 4. The molecule has 0 spiro atoms. The molecule has 98 valence electrons. The Kier molecular flexibility index (Phi) is 5.23. The van der Waals surface area contributed by atoms with Gasteiger partial charge in [0.2, 0.25) is 0 Å². The van der Waals surface area contributed by atoms with Gasteiger partial charge in [0, 0.05) is 19.6 Å². The average Bonchev–Trinajstić information content (AvgIpc) is 2.48. The fraction of sp³-hybridized carbons (Fsp3) is 0. The van der Waals surface area contributed by atoms with Crippen molar-refractivity contribution in [1.82, 2.24) is 0 Å². The maximum absolute atomic E-state index is 8.53. The highest BCUT2D eigenvalue weighted by molar-refractivity contribution is 8.76. The van der Waals surface area contributed by atoms with Gasteiger partial charge in [-0.3, -0.25) is 0 Å². The summed E-state index contributed by atoms with van der Waals surface area (Å²) in [6.45, 7) is 0. The van der Waals surface area contributed by atoms with Gasteiger partial charge in [0.05, 0.1) is 11.4 Å². The Morgan fingerprint density at radius 1 is 0.700 bits per heavy atom. The zero-order valence-electron chi connectivity index (χ0n) is 10.1. The summed E-state index contributed by atoms with van der Waals surface area (Å²) in [6, 6.07) is 14.6. The molecule has 6 nitrogen and oxygen atoms in total. The van der Waals surface area contributed by atoms with Gasteiger partial charge in [-0.1, -0.05) is 68.2 Å². The van der Waals surface area contributed by atoms with Crippen molar-refractivity contribution >= 4 is 33.0 Å². The molecule has 0 saturated carbocycles. The first-order chi connectivity index (χ1) is 9.85. The number of nitrogens with zero attached hydrogens (tertiary/aromatic N) is 6. The third kappa shape index (κ3) is 3.63. The van der Waals surface area contributed by atoms with Gasteiger partial charge >= 0.3 is 0 Å². The Labute approximate surface area is 122 Å². The summed E-state index contributed by atoms with van der Waals surface area (Å²) in [4.78, 5) is 7.31. The second-order valence-electron chi connectivity index (χ2n) is 3.48. The van der Waals surface area contributed by atoms with Crippen molar-refractivity contribution in [3.8, 4) is 0 Å². The summed E-state index contributed by atoms with van der Waals surface area (Å²) >= 11 is 0. The Bertz CT molecular complexity index is 643. The highest BCUT2D eigenvalue weighted by atomic mass is 33.1. The van der Waals surface area contributed by atoms with E-state index in [1.54, 1.807) is 12.1 Å². The van der Waals surface area contributed by atoms with Gasteiger partial charge in [-0.05, 0) is 23.2 Å². The normalized spacial score (nSPS) is 9.40. The second-order valence-corrected chi connectivity index (χ2v) is 5.69. The molecule has 0 atom stereocenters. The molecule has 0 aliphatic heterocycles. The van der Waals surface area contributed by atoms with Crippen LogP contribution in [-0.2, 0) is 0 Å². The smallest absolute Gasteiger partial charge is 0.0520 e. The van der Waals surface area contributed by atoms with Crippen LogP contribution in [0.15, 0.2) is 68.6 Å². The minimum Gasteiger partial charge on any atom is -0.0617 e. The van der Waals surface area contributed by atoms with Crippen LogP contribution in [0.25, 0.3) is 20.9 Å².